The van der Waals surface area contributed by atoms with Gasteiger partial charge in [0.05, 0.1) is 10.6 Å². The molecular weight excluding hydrogens is 279 g/mol. The van der Waals surface area contributed by atoms with Crippen molar-refractivity contribution in [3.05, 3.63) is 24.0 Å². The minimum absolute atomic E-state index is 0.0469. The first-order valence-electron chi connectivity index (χ1n) is 6.87. The Kier molecular flexibility index (Phi) is 5.95. The van der Waals surface area contributed by atoms with Crippen molar-refractivity contribution in [3.63, 3.8) is 0 Å². The maximum atomic E-state index is 13.5. The molecule has 6 heteroatoms. The third-order valence-corrected chi connectivity index (χ3v) is 5.21. The van der Waals surface area contributed by atoms with E-state index < -0.39 is 15.8 Å². The van der Waals surface area contributed by atoms with Crippen LogP contribution in [0, 0.1) is 5.82 Å². The molecule has 2 N–H and O–H groups in total. The molecule has 0 unspecified atom stereocenters. The summed E-state index contributed by atoms with van der Waals surface area (Å²) < 4.78 is 40.0. The van der Waals surface area contributed by atoms with Crippen molar-refractivity contribution in [1.82, 2.24) is 4.31 Å². The van der Waals surface area contributed by atoms with Gasteiger partial charge in [0.25, 0.3) is 0 Å². The number of rotatable bonds is 7. The van der Waals surface area contributed by atoms with Crippen LogP contribution in [0.4, 0.5) is 10.1 Å². The lowest BCUT2D eigenvalue weighted by Crippen LogP contribution is -2.37. The molecule has 0 aromatic heterocycles. The Labute approximate surface area is 120 Å². The summed E-state index contributed by atoms with van der Waals surface area (Å²) in [4.78, 5) is -0.0469. The summed E-state index contributed by atoms with van der Waals surface area (Å²) in [6.45, 7) is 6.14. The van der Waals surface area contributed by atoms with E-state index >= 15 is 0 Å². The normalized spacial score (nSPS) is 12.3. The second-order valence-electron chi connectivity index (χ2n) is 5.10. The standard InChI is InChI=1S/C14H23FN2O2S/c1-4-5-6-9-17(11(2)3)20(18,19)12-7-8-14(16)13(15)10-12/h7-8,10-11H,4-6,9,16H2,1-3H3. The van der Waals surface area contributed by atoms with Crippen molar-refractivity contribution in [2.24, 2.45) is 0 Å². The Balaban J connectivity index is 3.06. The van der Waals surface area contributed by atoms with Gasteiger partial charge < -0.3 is 5.73 Å². The summed E-state index contributed by atoms with van der Waals surface area (Å²) in [5.41, 5.74) is 5.33. The van der Waals surface area contributed by atoms with Crippen LogP contribution in [0.15, 0.2) is 23.1 Å². The number of benzene rings is 1. The highest BCUT2D eigenvalue weighted by Gasteiger charge is 2.27. The first-order valence-corrected chi connectivity index (χ1v) is 8.31. The van der Waals surface area contributed by atoms with Crippen molar-refractivity contribution in [3.8, 4) is 0 Å². The number of hydrogen-bond acceptors (Lipinski definition) is 3. The lowest BCUT2D eigenvalue weighted by molar-refractivity contribution is 0.345. The summed E-state index contributed by atoms with van der Waals surface area (Å²) >= 11 is 0. The number of sulfonamides is 1. The molecule has 0 saturated heterocycles. The van der Waals surface area contributed by atoms with E-state index in [4.69, 9.17) is 5.73 Å². The smallest absolute Gasteiger partial charge is 0.243 e. The minimum Gasteiger partial charge on any atom is -0.396 e. The molecule has 0 radical (unpaired) electrons. The fourth-order valence-electron chi connectivity index (χ4n) is 1.98. The first kappa shape index (κ1) is 16.9. The zero-order valence-electron chi connectivity index (χ0n) is 12.3. The van der Waals surface area contributed by atoms with Crippen LogP contribution in [-0.2, 0) is 10.0 Å². The van der Waals surface area contributed by atoms with Crippen LogP contribution in [0.5, 0.6) is 0 Å². The monoisotopic (exact) mass is 302 g/mol. The van der Waals surface area contributed by atoms with E-state index in [2.05, 4.69) is 6.92 Å². The number of anilines is 1. The molecule has 0 aliphatic carbocycles. The molecule has 0 aliphatic heterocycles. The molecule has 1 aromatic carbocycles. The summed E-state index contributed by atoms with van der Waals surface area (Å²) in [7, 11) is -3.68. The summed E-state index contributed by atoms with van der Waals surface area (Å²) in [5, 5.41) is 0. The van der Waals surface area contributed by atoms with E-state index in [1.54, 1.807) is 0 Å². The van der Waals surface area contributed by atoms with Gasteiger partial charge in [-0.2, -0.15) is 4.31 Å². The average Bonchev–Trinajstić information content (AvgIpc) is 2.37. The third-order valence-electron chi connectivity index (χ3n) is 3.14. The molecule has 0 heterocycles. The van der Waals surface area contributed by atoms with E-state index in [0.29, 0.717) is 6.54 Å². The van der Waals surface area contributed by atoms with Gasteiger partial charge in [0.1, 0.15) is 5.82 Å². The van der Waals surface area contributed by atoms with Crippen LogP contribution in [-0.4, -0.2) is 25.3 Å². The van der Waals surface area contributed by atoms with Crippen molar-refractivity contribution in [2.75, 3.05) is 12.3 Å². The van der Waals surface area contributed by atoms with Gasteiger partial charge in [0, 0.05) is 12.6 Å². The average molecular weight is 302 g/mol. The molecule has 0 bridgehead atoms. The highest BCUT2D eigenvalue weighted by molar-refractivity contribution is 7.89. The van der Waals surface area contributed by atoms with E-state index in [-0.39, 0.29) is 16.6 Å². The number of nitrogen functional groups attached to an aromatic ring is 1. The van der Waals surface area contributed by atoms with Gasteiger partial charge in [0.2, 0.25) is 10.0 Å². The van der Waals surface area contributed by atoms with Crippen molar-refractivity contribution in [1.29, 1.82) is 0 Å². The first-order chi connectivity index (χ1) is 9.30. The fraction of sp³-hybridized carbons (Fsp3) is 0.571. The van der Waals surface area contributed by atoms with Crippen LogP contribution < -0.4 is 5.73 Å². The summed E-state index contributed by atoms with van der Waals surface area (Å²) in [5.74, 6) is -0.705. The maximum Gasteiger partial charge on any atom is 0.243 e. The fourth-order valence-corrected chi connectivity index (χ4v) is 3.67. The molecule has 114 valence electrons. The van der Waals surface area contributed by atoms with Crippen LogP contribution in [0.25, 0.3) is 0 Å². The van der Waals surface area contributed by atoms with Crippen LogP contribution in [0.2, 0.25) is 0 Å². The largest absolute Gasteiger partial charge is 0.396 e. The Morgan fingerprint density at radius 1 is 1.30 bits per heavy atom. The predicted molar refractivity (Wildman–Crippen MR) is 79.4 cm³/mol. The number of nitrogens with two attached hydrogens (primary N) is 1. The lowest BCUT2D eigenvalue weighted by Gasteiger charge is -2.26. The molecule has 1 aromatic rings. The summed E-state index contributed by atoms with van der Waals surface area (Å²) in [6.07, 6.45) is 2.78. The van der Waals surface area contributed by atoms with E-state index in [9.17, 15) is 12.8 Å². The molecule has 20 heavy (non-hydrogen) atoms. The Morgan fingerprint density at radius 2 is 1.95 bits per heavy atom. The van der Waals surface area contributed by atoms with E-state index in [1.807, 2.05) is 13.8 Å². The van der Waals surface area contributed by atoms with Crippen LogP contribution in [0.3, 0.4) is 0 Å². The minimum atomic E-state index is -3.68. The Bertz CT molecular complexity index is 544. The van der Waals surface area contributed by atoms with Gasteiger partial charge in [-0.15, -0.1) is 0 Å². The number of unbranched alkanes of at least 4 members (excludes halogenated alkanes) is 2. The highest BCUT2D eigenvalue weighted by Crippen LogP contribution is 2.22. The number of halogens is 1. The molecule has 0 fully saturated rings. The van der Waals surface area contributed by atoms with Crippen molar-refractivity contribution >= 4 is 15.7 Å². The molecule has 0 aliphatic rings. The van der Waals surface area contributed by atoms with Crippen LogP contribution in [0.1, 0.15) is 40.0 Å². The highest BCUT2D eigenvalue weighted by atomic mass is 32.2. The number of hydrogen-bond donors (Lipinski definition) is 1. The molecule has 0 saturated carbocycles. The number of nitrogens with zero attached hydrogens (tertiary/aromatic N) is 1. The molecular formula is C14H23FN2O2S. The van der Waals surface area contributed by atoms with Gasteiger partial charge in [0.15, 0.2) is 0 Å². The molecule has 0 spiro atoms. The molecule has 4 nitrogen and oxygen atoms in total. The van der Waals surface area contributed by atoms with Crippen LogP contribution >= 0.6 is 0 Å². The summed E-state index contributed by atoms with van der Waals surface area (Å²) in [6, 6.07) is 3.45. The second-order valence-corrected chi connectivity index (χ2v) is 6.99. The van der Waals surface area contributed by atoms with E-state index in [0.717, 1.165) is 25.3 Å². The molecule has 1 rings (SSSR count). The van der Waals surface area contributed by atoms with Crippen molar-refractivity contribution < 1.29 is 12.8 Å². The lowest BCUT2D eigenvalue weighted by atomic mass is 10.2. The molecule has 0 amide bonds. The van der Waals surface area contributed by atoms with Crippen molar-refractivity contribution in [2.45, 2.75) is 51.0 Å². The van der Waals surface area contributed by atoms with Gasteiger partial charge in [-0.3, -0.25) is 0 Å². The zero-order chi connectivity index (χ0) is 15.3. The zero-order valence-corrected chi connectivity index (χ0v) is 13.1. The topological polar surface area (TPSA) is 63.4 Å². The van der Waals surface area contributed by atoms with Gasteiger partial charge in [-0.25, -0.2) is 12.8 Å². The Hall–Kier alpha value is -1.14. The van der Waals surface area contributed by atoms with E-state index in [1.165, 1.54) is 16.4 Å². The van der Waals surface area contributed by atoms with Gasteiger partial charge in [-0.05, 0) is 38.5 Å². The van der Waals surface area contributed by atoms with Gasteiger partial charge in [-0.1, -0.05) is 19.8 Å². The predicted octanol–water partition coefficient (Wildman–Crippen LogP) is 3.00. The second kappa shape index (κ2) is 7.04. The quantitative estimate of drug-likeness (QED) is 0.622. The molecule has 0 atom stereocenters. The SMILES string of the molecule is CCCCCN(C(C)C)S(=O)(=O)c1ccc(N)c(F)c1. The Morgan fingerprint density at radius 3 is 2.45 bits per heavy atom. The van der Waals surface area contributed by atoms with Gasteiger partial charge >= 0.3 is 0 Å². The maximum absolute atomic E-state index is 13.5. The third kappa shape index (κ3) is 3.93.